The van der Waals surface area contributed by atoms with Crippen LogP contribution in [0.2, 0.25) is 0 Å². The maximum absolute atomic E-state index is 2.31. The summed E-state index contributed by atoms with van der Waals surface area (Å²) in [5, 5.41) is 0. The van der Waals surface area contributed by atoms with Crippen molar-refractivity contribution in [2.24, 2.45) is 11.8 Å². The third-order valence-electron chi connectivity index (χ3n) is 8.90. The van der Waals surface area contributed by atoms with Gasteiger partial charge in [-0.2, -0.15) is 0 Å². The summed E-state index contributed by atoms with van der Waals surface area (Å²) >= 11 is 0. The molecule has 0 aromatic heterocycles. The van der Waals surface area contributed by atoms with E-state index >= 15 is 0 Å². The molecule has 0 aromatic rings. The fourth-order valence-electron chi connectivity index (χ4n) is 6.36. The van der Waals surface area contributed by atoms with Crippen LogP contribution in [0.15, 0.2) is 0 Å². The van der Waals surface area contributed by atoms with Crippen molar-refractivity contribution in [3.05, 3.63) is 0 Å². The Hall–Kier alpha value is 0. The van der Waals surface area contributed by atoms with Gasteiger partial charge in [-0.3, -0.25) is 0 Å². The molecular weight excluding hydrogens is 408 g/mol. The van der Waals surface area contributed by atoms with Crippen LogP contribution in [0.4, 0.5) is 0 Å². The summed E-state index contributed by atoms with van der Waals surface area (Å²) in [4.78, 5) is 0. The first-order valence-corrected chi connectivity index (χ1v) is 16.9. The zero-order valence-electron chi connectivity index (χ0n) is 24.4. The highest BCUT2D eigenvalue weighted by Crippen LogP contribution is 2.34. The van der Waals surface area contributed by atoms with E-state index in [-0.39, 0.29) is 0 Å². The molecule has 0 radical (unpaired) electrons. The second-order valence-corrected chi connectivity index (χ2v) is 12.2. The number of hydrogen-bond acceptors (Lipinski definition) is 0. The first-order chi connectivity index (χ1) is 16.9. The Bertz CT molecular complexity index is 328. The Morgan fingerprint density at radius 2 is 0.500 bits per heavy atom. The number of rotatable bonds is 26. The molecule has 1 saturated carbocycles. The fourth-order valence-corrected chi connectivity index (χ4v) is 6.36. The molecule has 0 spiro atoms. The van der Waals surface area contributed by atoms with Crippen molar-refractivity contribution in [2.45, 2.75) is 206 Å². The fraction of sp³-hybridized carbons (Fsp3) is 1.00. The van der Waals surface area contributed by atoms with Gasteiger partial charge in [-0.1, -0.05) is 206 Å². The summed E-state index contributed by atoms with van der Waals surface area (Å²) in [5.74, 6) is 2.17. The molecule has 0 saturated heterocycles. The predicted molar refractivity (Wildman–Crippen MR) is 157 cm³/mol. The second kappa shape index (κ2) is 26.1. The van der Waals surface area contributed by atoms with Crippen LogP contribution in [0.3, 0.4) is 0 Å². The van der Waals surface area contributed by atoms with E-state index in [9.17, 15) is 0 Å². The highest BCUT2D eigenvalue weighted by atomic mass is 14.3. The normalized spacial score (nSPS) is 18.5. The summed E-state index contributed by atoms with van der Waals surface area (Å²) in [6.45, 7) is 4.62. The minimum atomic E-state index is 1.08. The molecule has 0 N–H and O–H groups in total. The quantitative estimate of drug-likeness (QED) is 0.109. The highest BCUT2D eigenvalue weighted by Gasteiger charge is 2.20. The minimum Gasteiger partial charge on any atom is -0.0654 e. The summed E-state index contributed by atoms with van der Waals surface area (Å²) in [5.41, 5.74) is 0. The summed E-state index contributed by atoms with van der Waals surface area (Å²) in [7, 11) is 0. The molecule has 0 bridgehead atoms. The van der Waals surface area contributed by atoms with Crippen LogP contribution in [0, 0.1) is 11.8 Å². The first kappa shape index (κ1) is 32.0. The maximum Gasteiger partial charge on any atom is -0.0414 e. The van der Waals surface area contributed by atoms with E-state index in [0.717, 1.165) is 11.8 Å². The molecule has 1 fully saturated rings. The molecule has 1 aliphatic rings. The van der Waals surface area contributed by atoms with E-state index in [1.165, 1.54) is 154 Å². The third kappa shape index (κ3) is 21.3. The SMILES string of the molecule is CCCCCCCCCCCCCCC1CCC(CCCCCCCCCCCCCC)CC1. The van der Waals surface area contributed by atoms with Gasteiger partial charge in [0, 0.05) is 0 Å². The van der Waals surface area contributed by atoms with Gasteiger partial charge in [0.2, 0.25) is 0 Å². The van der Waals surface area contributed by atoms with Gasteiger partial charge in [0.15, 0.2) is 0 Å². The van der Waals surface area contributed by atoms with E-state index in [4.69, 9.17) is 0 Å². The van der Waals surface area contributed by atoms with E-state index in [2.05, 4.69) is 13.8 Å². The van der Waals surface area contributed by atoms with E-state index in [1.54, 1.807) is 38.5 Å². The van der Waals surface area contributed by atoms with Crippen molar-refractivity contribution in [2.75, 3.05) is 0 Å². The van der Waals surface area contributed by atoms with Gasteiger partial charge in [-0.25, -0.2) is 0 Å². The second-order valence-electron chi connectivity index (χ2n) is 12.2. The standard InChI is InChI=1S/C34H68/c1-3-5-7-9-11-13-15-17-19-21-23-25-27-33-29-31-34(32-30-33)28-26-24-22-20-18-16-14-12-10-8-6-4-2/h33-34H,3-32H2,1-2H3. The van der Waals surface area contributed by atoms with Gasteiger partial charge in [0.1, 0.15) is 0 Å². The summed E-state index contributed by atoms with van der Waals surface area (Å²) < 4.78 is 0. The lowest BCUT2D eigenvalue weighted by Crippen LogP contribution is -2.14. The minimum absolute atomic E-state index is 1.08. The van der Waals surface area contributed by atoms with Gasteiger partial charge in [-0.05, 0) is 11.8 Å². The zero-order chi connectivity index (χ0) is 24.4. The zero-order valence-corrected chi connectivity index (χ0v) is 24.4. The van der Waals surface area contributed by atoms with Gasteiger partial charge >= 0.3 is 0 Å². The molecule has 0 heteroatoms. The van der Waals surface area contributed by atoms with Crippen molar-refractivity contribution in [3.63, 3.8) is 0 Å². The van der Waals surface area contributed by atoms with Crippen LogP contribution >= 0.6 is 0 Å². The molecule has 0 heterocycles. The molecule has 204 valence electrons. The lowest BCUT2D eigenvalue weighted by atomic mass is 9.78. The lowest BCUT2D eigenvalue weighted by molar-refractivity contribution is 0.244. The highest BCUT2D eigenvalue weighted by molar-refractivity contribution is 4.73. The maximum atomic E-state index is 2.31. The Balaban J connectivity index is 1.77. The van der Waals surface area contributed by atoms with Crippen molar-refractivity contribution in [3.8, 4) is 0 Å². The third-order valence-corrected chi connectivity index (χ3v) is 8.90. The van der Waals surface area contributed by atoms with Gasteiger partial charge < -0.3 is 0 Å². The Morgan fingerprint density at radius 1 is 0.294 bits per heavy atom. The average Bonchev–Trinajstić information content (AvgIpc) is 2.86. The predicted octanol–water partition coefficient (Wildman–Crippen LogP) is 13.0. The van der Waals surface area contributed by atoms with Crippen LogP contribution in [0.1, 0.15) is 206 Å². The lowest BCUT2D eigenvalue weighted by Gasteiger charge is -2.28. The Labute approximate surface area is 218 Å². The largest absolute Gasteiger partial charge is 0.0654 e. The molecule has 1 rings (SSSR count). The van der Waals surface area contributed by atoms with Gasteiger partial charge in [0.05, 0.1) is 0 Å². The first-order valence-electron chi connectivity index (χ1n) is 16.9. The molecule has 0 aliphatic heterocycles. The molecule has 34 heavy (non-hydrogen) atoms. The van der Waals surface area contributed by atoms with E-state index in [1.807, 2.05) is 0 Å². The van der Waals surface area contributed by atoms with Crippen LogP contribution in [-0.4, -0.2) is 0 Å². The average molecular weight is 477 g/mol. The van der Waals surface area contributed by atoms with Crippen molar-refractivity contribution >= 4 is 0 Å². The Morgan fingerprint density at radius 3 is 0.735 bits per heavy atom. The summed E-state index contributed by atoms with van der Waals surface area (Å²) in [6, 6.07) is 0. The van der Waals surface area contributed by atoms with Crippen molar-refractivity contribution < 1.29 is 0 Å². The van der Waals surface area contributed by atoms with Crippen LogP contribution in [0.5, 0.6) is 0 Å². The van der Waals surface area contributed by atoms with Crippen LogP contribution in [-0.2, 0) is 0 Å². The molecule has 1 aliphatic carbocycles. The molecule has 0 nitrogen and oxygen atoms in total. The Kier molecular flexibility index (Phi) is 24.6. The topological polar surface area (TPSA) is 0 Å². The summed E-state index contributed by atoms with van der Waals surface area (Å²) in [6.07, 6.45) is 44.9. The number of hydrogen-bond donors (Lipinski definition) is 0. The van der Waals surface area contributed by atoms with Crippen molar-refractivity contribution in [1.29, 1.82) is 0 Å². The van der Waals surface area contributed by atoms with Crippen LogP contribution in [0.25, 0.3) is 0 Å². The van der Waals surface area contributed by atoms with E-state index in [0.29, 0.717) is 0 Å². The van der Waals surface area contributed by atoms with E-state index < -0.39 is 0 Å². The monoisotopic (exact) mass is 477 g/mol. The molecular formula is C34H68. The smallest absolute Gasteiger partial charge is 0.0414 e. The molecule has 0 unspecified atom stereocenters. The molecule has 0 amide bonds. The number of unbranched alkanes of at least 4 members (excludes halogenated alkanes) is 22. The van der Waals surface area contributed by atoms with Gasteiger partial charge in [-0.15, -0.1) is 0 Å². The van der Waals surface area contributed by atoms with Gasteiger partial charge in [0.25, 0.3) is 0 Å². The van der Waals surface area contributed by atoms with Crippen molar-refractivity contribution in [1.82, 2.24) is 0 Å². The van der Waals surface area contributed by atoms with Crippen LogP contribution < -0.4 is 0 Å². The molecule has 0 atom stereocenters. The molecule has 0 aromatic carbocycles.